The molecule has 4 nitrogen and oxygen atoms in total. The number of ether oxygens (including phenoxy) is 2. The van der Waals surface area contributed by atoms with Crippen molar-refractivity contribution in [1.29, 1.82) is 0 Å². The lowest BCUT2D eigenvalue weighted by Crippen LogP contribution is -2.55. The van der Waals surface area contributed by atoms with Gasteiger partial charge < -0.3 is 14.8 Å². The van der Waals surface area contributed by atoms with E-state index in [4.69, 9.17) is 9.47 Å². The van der Waals surface area contributed by atoms with E-state index in [1.807, 2.05) is 13.8 Å². The van der Waals surface area contributed by atoms with Crippen molar-refractivity contribution >= 4 is 5.97 Å². The summed E-state index contributed by atoms with van der Waals surface area (Å²) in [7, 11) is 0. The van der Waals surface area contributed by atoms with E-state index < -0.39 is 5.54 Å². The second-order valence-corrected chi connectivity index (χ2v) is 5.69. The van der Waals surface area contributed by atoms with Crippen LogP contribution in [0.2, 0.25) is 0 Å². The summed E-state index contributed by atoms with van der Waals surface area (Å²) < 4.78 is 11.1. The zero-order valence-electron chi connectivity index (χ0n) is 13.5. The minimum atomic E-state index is -0.483. The molecule has 4 heteroatoms. The quantitative estimate of drug-likeness (QED) is 0.662. The standard InChI is InChI=1S/C16H31NO3/c1-5-13(4)20-12-10-14-9-8-11-16(14,17-6-2)15(18)19-7-3/h13-14,17H,5-12H2,1-4H3. The second-order valence-electron chi connectivity index (χ2n) is 5.69. The van der Waals surface area contributed by atoms with E-state index in [1.165, 1.54) is 0 Å². The predicted octanol–water partition coefficient (Wildman–Crippen LogP) is 2.90. The molecule has 3 atom stereocenters. The highest BCUT2D eigenvalue weighted by Gasteiger charge is 2.49. The van der Waals surface area contributed by atoms with Crippen LogP contribution in [0.3, 0.4) is 0 Å². The first kappa shape index (κ1) is 17.4. The van der Waals surface area contributed by atoms with E-state index in [1.54, 1.807) is 0 Å². The molecule has 0 aliphatic heterocycles. The van der Waals surface area contributed by atoms with Crippen LogP contribution in [0, 0.1) is 5.92 Å². The maximum Gasteiger partial charge on any atom is 0.326 e. The van der Waals surface area contributed by atoms with Crippen LogP contribution in [0.15, 0.2) is 0 Å². The highest BCUT2D eigenvalue weighted by atomic mass is 16.5. The van der Waals surface area contributed by atoms with Gasteiger partial charge in [0.1, 0.15) is 5.54 Å². The van der Waals surface area contributed by atoms with E-state index in [0.717, 1.165) is 45.3 Å². The first-order chi connectivity index (χ1) is 9.60. The molecule has 1 aliphatic rings. The van der Waals surface area contributed by atoms with Gasteiger partial charge in [-0.15, -0.1) is 0 Å². The molecule has 0 aromatic heterocycles. The van der Waals surface area contributed by atoms with Crippen molar-refractivity contribution < 1.29 is 14.3 Å². The van der Waals surface area contributed by atoms with E-state index in [9.17, 15) is 4.79 Å². The molecule has 0 aromatic carbocycles. The molecule has 0 aromatic rings. The molecule has 3 unspecified atom stereocenters. The van der Waals surface area contributed by atoms with Crippen LogP contribution in [0.25, 0.3) is 0 Å². The minimum Gasteiger partial charge on any atom is -0.465 e. The fourth-order valence-electron chi connectivity index (χ4n) is 3.15. The largest absolute Gasteiger partial charge is 0.465 e. The molecule has 1 aliphatic carbocycles. The van der Waals surface area contributed by atoms with Gasteiger partial charge in [-0.1, -0.05) is 20.3 Å². The van der Waals surface area contributed by atoms with Gasteiger partial charge in [-0.25, -0.2) is 0 Å². The third-order valence-electron chi connectivity index (χ3n) is 4.40. The Bertz CT molecular complexity index is 295. The number of esters is 1. The van der Waals surface area contributed by atoms with Gasteiger partial charge in [0.15, 0.2) is 0 Å². The summed E-state index contributed by atoms with van der Waals surface area (Å²) in [6.07, 6.45) is 5.30. The number of carbonyl (C=O) groups excluding carboxylic acids is 1. The molecule has 1 fully saturated rings. The molecular weight excluding hydrogens is 254 g/mol. The summed E-state index contributed by atoms with van der Waals surface area (Å²) in [5.41, 5.74) is -0.483. The third-order valence-corrected chi connectivity index (χ3v) is 4.40. The van der Waals surface area contributed by atoms with Gasteiger partial charge in [-0.05, 0) is 52.0 Å². The van der Waals surface area contributed by atoms with Crippen molar-refractivity contribution in [3.63, 3.8) is 0 Å². The number of likely N-dealkylation sites (N-methyl/N-ethyl adjacent to an activating group) is 1. The molecule has 0 radical (unpaired) electrons. The Morgan fingerprint density at radius 2 is 2.15 bits per heavy atom. The average molecular weight is 285 g/mol. The maximum atomic E-state index is 12.4. The average Bonchev–Trinajstić information content (AvgIpc) is 2.83. The summed E-state index contributed by atoms with van der Waals surface area (Å²) in [6.45, 7) is 10.1. The summed E-state index contributed by atoms with van der Waals surface area (Å²) in [6, 6.07) is 0. The van der Waals surface area contributed by atoms with Crippen LogP contribution in [-0.4, -0.2) is 37.4 Å². The number of rotatable bonds is 9. The molecule has 0 heterocycles. The van der Waals surface area contributed by atoms with Crippen molar-refractivity contribution in [1.82, 2.24) is 5.32 Å². The highest BCUT2D eigenvalue weighted by Crippen LogP contribution is 2.39. The molecule has 118 valence electrons. The van der Waals surface area contributed by atoms with Crippen molar-refractivity contribution in [2.75, 3.05) is 19.8 Å². The summed E-state index contributed by atoms with van der Waals surface area (Å²) in [5, 5.41) is 3.41. The predicted molar refractivity (Wildman–Crippen MR) is 80.7 cm³/mol. The molecule has 20 heavy (non-hydrogen) atoms. The van der Waals surface area contributed by atoms with Crippen LogP contribution in [0.5, 0.6) is 0 Å². The fraction of sp³-hybridized carbons (Fsp3) is 0.938. The topological polar surface area (TPSA) is 47.6 Å². The first-order valence-corrected chi connectivity index (χ1v) is 8.14. The molecule has 0 bridgehead atoms. The van der Waals surface area contributed by atoms with Crippen LogP contribution < -0.4 is 5.32 Å². The molecular formula is C16H31NO3. The fourth-order valence-corrected chi connectivity index (χ4v) is 3.15. The van der Waals surface area contributed by atoms with E-state index >= 15 is 0 Å². The second kappa shape index (κ2) is 8.63. The van der Waals surface area contributed by atoms with E-state index in [0.29, 0.717) is 18.6 Å². The van der Waals surface area contributed by atoms with Gasteiger partial charge in [-0.2, -0.15) is 0 Å². The lowest BCUT2D eigenvalue weighted by atomic mass is 9.84. The van der Waals surface area contributed by atoms with Gasteiger partial charge in [0.25, 0.3) is 0 Å². The molecule has 0 amide bonds. The summed E-state index contributed by atoms with van der Waals surface area (Å²) in [4.78, 5) is 12.4. The molecule has 1 rings (SSSR count). The zero-order valence-corrected chi connectivity index (χ0v) is 13.5. The zero-order chi connectivity index (χ0) is 15.0. The van der Waals surface area contributed by atoms with Crippen LogP contribution in [0.1, 0.15) is 59.8 Å². The SMILES string of the molecule is CCNC1(C(=O)OCC)CCCC1CCOC(C)CC. The Labute approximate surface area is 123 Å². The lowest BCUT2D eigenvalue weighted by Gasteiger charge is -2.34. The Hall–Kier alpha value is -0.610. The summed E-state index contributed by atoms with van der Waals surface area (Å²) in [5.74, 6) is 0.249. The molecule has 1 N–H and O–H groups in total. The number of hydrogen-bond donors (Lipinski definition) is 1. The van der Waals surface area contributed by atoms with Crippen molar-refractivity contribution in [2.45, 2.75) is 71.4 Å². The van der Waals surface area contributed by atoms with Crippen molar-refractivity contribution in [3.05, 3.63) is 0 Å². The molecule has 0 spiro atoms. The van der Waals surface area contributed by atoms with E-state index in [-0.39, 0.29) is 5.97 Å². The van der Waals surface area contributed by atoms with Crippen LogP contribution >= 0.6 is 0 Å². The maximum absolute atomic E-state index is 12.4. The van der Waals surface area contributed by atoms with Gasteiger partial charge in [0.05, 0.1) is 12.7 Å². The lowest BCUT2D eigenvalue weighted by molar-refractivity contribution is -0.153. The van der Waals surface area contributed by atoms with Crippen molar-refractivity contribution in [3.8, 4) is 0 Å². The van der Waals surface area contributed by atoms with E-state index in [2.05, 4.69) is 19.2 Å². The molecule has 0 saturated heterocycles. The van der Waals surface area contributed by atoms with Crippen molar-refractivity contribution in [2.24, 2.45) is 5.92 Å². The van der Waals surface area contributed by atoms with Gasteiger partial charge in [0, 0.05) is 6.61 Å². The first-order valence-electron chi connectivity index (χ1n) is 8.14. The van der Waals surface area contributed by atoms with Crippen LogP contribution in [-0.2, 0) is 14.3 Å². The van der Waals surface area contributed by atoms with Gasteiger partial charge >= 0.3 is 5.97 Å². The summed E-state index contributed by atoms with van der Waals surface area (Å²) >= 11 is 0. The highest BCUT2D eigenvalue weighted by molar-refractivity contribution is 5.81. The normalized spacial score (nSPS) is 27.5. The smallest absolute Gasteiger partial charge is 0.326 e. The Morgan fingerprint density at radius 1 is 1.40 bits per heavy atom. The minimum absolute atomic E-state index is 0.0760. The Balaban J connectivity index is 2.63. The molecule has 1 saturated carbocycles. The Morgan fingerprint density at radius 3 is 2.75 bits per heavy atom. The third kappa shape index (κ3) is 4.19. The van der Waals surface area contributed by atoms with Crippen LogP contribution in [0.4, 0.5) is 0 Å². The number of hydrogen-bond acceptors (Lipinski definition) is 4. The number of carbonyl (C=O) groups is 1. The Kier molecular flexibility index (Phi) is 7.52. The van der Waals surface area contributed by atoms with Gasteiger partial charge in [0.2, 0.25) is 0 Å². The number of nitrogens with one attached hydrogen (secondary N) is 1. The van der Waals surface area contributed by atoms with Gasteiger partial charge in [-0.3, -0.25) is 4.79 Å². The monoisotopic (exact) mass is 285 g/mol.